The molecular formula is C26H17FN2O5S. The lowest BCUT2D eigenvalue weighted by atomic mass is 9.97. The van der Waals surface area contributed by atoms with Gasteiger partial charge in [-0.05, 0) is 48.5 Å². The van der Waals surface area contributed by atoms with Crippen LogP contribution in [0.5, 0.6) is 11.5 Å². The number of fused-ring (bicyclic) bond motifs is 3. The van der Waals surface area contributed by atoms with E-state index in [9.17, 15) is 14.0 Å². The summed E-state index contributed by atoms with van der Waals surface area (Å²) in [5.41, 5.74) is 1.25. The monoisotopic (exact) mass is 488 g/mol. The lowest BCUT2D eigenvalue weighted by Gasteiger charge is -2.24. The first-order valence-corrected chi connectivity index (χ1v) is 11.5. The molecule has 6 rings (SSSR count). The fourth-order valence-electron chi connectivity index (χ4n) is 4.45. The standard InChI is InChI=1S/C26H17FN2O5S/c1-32-14-8-10-18(33-2)16(12-14)22-21-23(30)15-5-3-4-6-19(15)34-24(21)25(31)29(22)26-28-17-9-7-13(27)11-20(17)35-26/h3-12,22H,1-2H3/t22-/m1/s1. The molecule has 0 saturated carbocycles. The second-order valence-corrected chi connectivity index (χ2v) is 8.97. The van der Waals surface area contributed by atoms with Crippen LogP contribution in [0.4, 0.5) is 9.52 Å². The van der Waals surface area contributed by atoms with Crippen molar-refractivity contribution < 1.29 is 23.1 Å². The number of methoxy groups -OCH3 is 2. The van der Waals surface area contributed by atoms with Crippen LogP contribution in [-0.4, -0.2) is 25.1 Å². The van der Waals surface area contributed by atoms with Gasteiger partial charge in [0.05, 0.1) is 35.4 Å². The van der Waals surface area contributed by atoms with Crippen molar-refractivity contribution in [2.75, 3.05) is 19.1 Å². The van der Waals surface area contributed by atoms with Crippen molar-refractivity contribution in [3.63, 3.8) is 0 Å². The van der Waals surface area contributed by atoms with Gasteiger partial charge < -0.3 is 13.9 Å². The lowest BCUT2D eigenvalue weighted by molar-refractivity contribution is 0.0971. The number of anilines is 1. The topological polar surface area (TPSA) is 81.9 Å². The average Bonchev–Trinajstić information content (AvgIpc) is 3.41. The maximum atomic E-state index is 13.9. The number of carbonyl (C=O) groups is 1. The average molecular weight is 488 g/mol. The minimum atomic E-state index is -0.895. The van der Waals surface area contributed by atoms with Gasteiger partial charge in [0.25, 0.3) is 5.91 Å². The predicted molar refractivity (Wildman–Crippen MR) is 130 cm³/mol. The van der Waals surface area contributed by atoms with Gasteiger partial charge in [-0.25, -0.2) is 9.37 Å². The first kappa shape index (κ1) is 21.3. The van der Waals surface area contributed by atoms with Gasteiger partial charge >= 0.3 is 0 Å². The predicted octanol–water partition coefficient (Wildman–Crippen LogP) is 5.31. The van der Waals surface area contributed by atoms with Gasteiger partial charge in [-0.1, -0.05) is 23.5 Å². The van der Waals surface area contributed by atoms with Crippen molar-refractivity contribution in [1.29, 1.82) is 0 Å². The molecule has 0 aliphatic carbocycles. The Labute approximate surface area is 202 Å². The highest BCUT2D eigenvalue weighted by Crippen LogP contribution is 2.46. The Kier molecular flexibility index (Phi) is 4.82. The molecule has 35 heavy (non-hydrogen) atoms. The molecular weight excluding hydrogens is 471 g/mol. The van der Waals surface area contributed by atoms with E-state index >= 15 is 0 Å². The molecule has 0 saturated heterocycles. The maximum absolute atomic E-state index is 13.9. The number of ether oxygens (including phenoxy) is 2. The number of carbonyl (C=O) groups excluding carboxylic acids is 1. The summed E-state index contributed by atoms with van der Waals surface area (Å²) >= 11 is 1.15. The number of para-hydroxylation sites is 1. The van der Waals surface area contributed by atoms with Crippen LogP contribution in [0.2, 0.25) is 0 Å². The van der Waals surface area contributed by atoms with E-state index in [-0.39, 0.29) is 16.8 Å². The number of nitrogens with zero attached hydrogens (tertiary/aromatic N) is 2. The van der Waals surface area contributed by atoms with Crippen LogP contribution in [0.1, 0.15) is 27.7 Å². The Balaban J connectivity index is 1.67. The third-order valence-corrected chi connectivity index (χ3v) is 7.07. The first-order valence-electron chi connectivity index (χ1n) is 10.7. The van der Waals surface area contributed by atoms with Crippen LogP contribution in [0.3, 0.4) is 0 Å². The summed E-state index contributed by atoms with van der Waals surface area (Å²) < 4.78 is 31.4. The summed E-state index contributed by atoms with van der Waals surface area (Å²) in [6.45, 7) is 0. The first-order chi connectivity index (χ1) is 17.0. The van der Waals surface area contributed by atoms with Crippen LogP contribution in [0.25, 0.3) is 21.2 Å². The third-order valence-electron chi connectivity index (χ3n) is 6.05. The van der Waals surface area contributed by atoms with E-state index in [0.29, 0.717) is 43.4 Å². The number of thiazole rings is 1. The molecule has 1 amide bonds. The van der Waals surface area contributed by atoms with E-state index in [1.165, 1.54) is 31.3 Å². The van der Waals surface area contributed by atoms with Crippen LogP contribution in [0, 0.1) is 5.82 Å². The van der Waals surface area contributed by atoms with E-state index < -0.39 is 17.8 Å². The second kappa shape index (κ2) is 7.92. The number of benzene rings is 3. The van der Waals surface area contributed by atoms with Crippen molar-refractivity contribution >= 4 is 43.6 Å². The third kappa shape index (κ3) is 3.19. The Morgan fingerprint density at radius 1 is 1.03 bits per heavy atom. The van der Waals surface area contributed by atoms with E-state index in [1.807, 2.05) is 0 Å². The summed E-state index contributed by atoms with van der Waals surface area (Å²) in [5.74, 6) is 0.00321. The minimum absolute atomic E-state index is 0.0611. The maximum Gasteiger partial charge on any atom is 0.297 e. The van der Waals surface area contributed by atoms with Gasteiger partial charge in [0, 0.05) is 5.56 Å². The molecule has 0 bridgehead atoms. The van der Waals surface area contributed by atoms with Crippen molar-refractivity contribution in [3.8, 4) is 11.5 Å². The van der Waals surface area contributed by atoms with Crippen LogP contribution in [-0.2, 0) is 0 Å². The van der Waals surface area contributed by atoms with Crippen molar-refractivity contribution in [2.45, 2.75) is 6.04 Å². The molecule has 0 radical (unpaired) electrons. The van der Waals surface area contributed by atoms with Crippen molar-refractivity contribution in [3.05, 3.63) is 93.6 Å². The second-order valence-electron chi connectivity index (χ2n) is 7.96. The van der Waals surface area contributed by atoms with E-state index in [0.717, 1.165) is 11.3 Å². The number of halogens is 1. The molecule has 7 nitrogen and oxygen atoms in total. The quantitative estimate of drug-likeness (QED) is 0.341. The summed E-state index contributed by atoms with van der Waals surface area (Å²) in [6.07, 6.45) is 0. The van der Waals surface area contributed by atoms with Crippen molar-refractivity contribution in [1.82, 2.24) is 4.98 Å². The van der Waals surface area contributed by atoms with Crippen LogP contribution < -0.4 is 19.8 Å². The molecule has 1 aliphatic rings. The smallest absolute Gasteiger partial charge is 0.297 e. The van der Waals surface area contributed by atoms with E-state index in [4.69, 9.17) is 13.9 Å². The van der Waals surface area contributed by atoms with Gasteiger partial charge in [0.15, 0.2) is 10.6 Å². The van der Waals surface area contributed by atoms with Crippen molar-refractivity contribution in [2.24, 2.45) is 0 Å². The number of aromatic nitrogens is 1. The van der Waals surface area contributed by atoms with Gasteiger partial charge in [0.1, 0.15) is 28.9 Å². The molecule has 3 heterocycles. The van der Waals surface area contributed by atoms with E-state index in [2.05, 4.69) is 4.98 Å². The zero-order valence-corrected chi connectivity index (χ0v) is 19.4. The zero-order chi connectivity index (χ0) is 24.3. The Morgan fingerprint density at radius 3 is 2.66 bits per heavy atom. The Morgan fingerprint density at radius 2 is 1.86 bits per heavy atom. The summed E-state index contributed by atoms with van der Waals surface area (Å²) in [6, 6.07) is 15.3. The number of hydrogen-bond donors (Lipinski definition) is 0. The number of rotatable bonds is 4. The number of amides is 1. The normalized spacial score (nSPS) is 15.1. The molecule has 0 fully saturated rings. The fraction of sp³-hybridized carbons (Fsp3) is 0.115. The molecule has 2 aromatic heterocycles. The fourth-order valence-corrected chi connectivity index (χ4v) is 5.47. The molecule has 0 unspecified atom stereocenters. The highest BCUT2D eigenvalue weighted by Gasteiger charge is 2.46. The Bertz CT molecular complexity index is 1710. The summed E-state index contributed by atoms with van der Waals surface area (Å²) in [7, 11) is 3.04. The number of hydrogen-bond acceptors (Lipinski definition) is 7. The molecule has 5 aromatic rings. The molecule has 9 heteroatoms. The van der Waals surface area contributed by atoms with Gasteiger partial charge in [0.2, 0.25) is 5.76 Å². The minimum Gasteiger partial charge on any atom is -0.497 e. The van der Waals surface area contributed by atoms with Crippen LogP contribution in [0.15, 0.2) is 69.9 Å². The summed E-state index contributed by atoms with van der Waals surface area (Å²) in [5, 5.41) is 0.666. The summed E-state index contributed by atoms with van der Waals surface area (Å²) in [4.78, 5) is 33.5. The van der Waals surface area contributed by atoms with Gasteiger partial charge in [-0.15, -0.1) is 0 Å². The molecule has 174 valence electrons. The molecule has 0 N–H and O–H groups in total. The lowest BCUT2D eigenvalue weighted by Crippen LogP contribution is -2.29. The SMILES string of the molecule is COc1ccc(OC)c([C@@H]2c3c(oc4ccccc4c3=O)C(=O)N2c2nc3ccc(F)cc3s2)c1. The molecule has 0 spiro atoms. The molecule has 1 atom stereocenters. The largest absolute Gasteiger partial charge is 0.497 e. The van der Waals surface area contributed by atoms with E-state index in [1.54, 1.807) is 48.5 Å². The Hall–Kier alpha value is -4.24. The molecule has 1 aliphatic heterocycles. The highest BCUT2D eigenvalue weighted by molar-refractivity contribution is 7.22. The molecule has 3 aromatic carbocycles. The van der Waals surface area contributed by atoms with Gasteiger partial charge in [-0.3, -0.25) is 14.5 Å². The van der Waals surface area contributed by atoms with Gasteiger partial charge in [-0.2, -0.15) is 0 Å². The zero-order valence-electron chi connectivity index (χ0n) is 18.6. The highest BCUT2D eigenvalue weighted by atomic mass is 32.1. The van der Waals surface area contributed by atoms with Crippen LogP contribution >= 0.6 is 11.3 Å².